The number of piperidine rings is 2. The smallest absolute Gasteiger partial charge is 0.404 e. The average Bonchev–Trinajstić information content (AvgIpc) is 3.63. The molecule has 0 unspecified atom stereocenters. The molecule has 3 aliphatic rings. The first-order valence-corrected chi connectivity index (χ1v) is 20.5. The van der Waals surface area contributed by atoms with Crippen LogP contribution in [0.2, 0.25) is 0 Å². The standard InChI is InChI=1S/C43H51F6N7O4/c1-40(2,59)31-25-33-29(24-34(31)52-38(57)32-5-4-6-37(51-32)42(44,45)46)26-56(53-33)30-12-19-54(20-13-30)18-11-27-9-14-41(15-10-27)16-21-55(22-17-41)39(58)28-7-8-36(35(23-28)50-3)60-43(47,48)49/h4-8,23-27,30,50,59H,9-22H2,1-3H3,(H,52,57). The first-order valence-electron chi connectivity index (χ1n) is 20.5. The second kappa shape index (κ2) is 16.9. The summed E-state index contributed by atoms with van der Waals surface area (Å²) in [4.78, 5) is 34.2. The van der Waals surface area contributed by atoms with E-state index < -0.39 is 35.4 Å². The number of carbonyl (C=O) groups is 2. The number of nitrogens with one attached hydrogen (secondary N) is 2. The molecular formula is C43H51F6N7O4. The molecule has 17 heteroatoms. The molecule has 1 aliphatic carbocycles. The number of aliphatic hydroxyl groups is 1. The van der Waals surface area contributed by atoms with Crippen LogP contribution in [0.4, 0.5) is 37.7 Å². The lowest BCUT2D eigenvalue weighted by Gasteiger charge is -2.46. The van der Waals surface area contributed by atoms with Crippen molar-refractivity contribution in [2.75, 3.05) is 50.4 Å². The van der Waals surface area contributed by atoms with Crippen molar-refractivity contribution in [3.05, 3.63) is 77.2 Å². The van der Waals surface area contributed by atoms with E-state index in [0.29, 0.717) is 35.7 Å². The van der Waals surface area contributed by atoms with E-state index in [4.69, 9.17) is 5.10 Å². The van der Waals surface area contributed by atoms with E-state index in [0.717, 1.165) is 94.9 Å². The predicted molar refractivity (Wildman–Crippen MR) is 214 cm³/mol. The largest absolute Gasteiger partial charge is 0.573 e. The van der Waals surface area contributed by atoms with Crippen LogP contribution in [0.5, 0.6) is 5.75 Å². The van der Waals surface area contributed by atoms with Gasteiger partial charge in [0.05, 0.1) is 22.8 Å². The summed E-state index contributed by atoms with van der Waals surface area (Å²) >= 11 is 0. The van der Waals surface area contributed by atoms with E-state index in [1.807, 2.05) is 15.8 Å². The molecule has 3 fully saturated rings. The van der Waals surface area contributed by atoms with Crippen LogP contribution in [0.15, 0.2) is 54.7 Å². The van der Waals surface area contributed by atoms with Crippen molar-refractivity contribution in [2.45, 2.75) is 95.8 Å². The molecule has 11 nitrogen and oxygen atoms in total. The van der Waals surface area contributed by atoms with Gasteiger partial charge >= 0.3 is 12.5 Å². The molecule has 1 spiro atoms. The van der Waals surface area contributed by atoms with E-state index >= 15 is 0 Å². The van der Waals surface area contributed by atoms with Crippen molar-refractivity contribution in [2.24, 2.45) is 11.3 Å². The zero-order chi connectivity index (χ0) is 43.0. The fourth-order valence-corrected chi connectivity index (χ4v) is 9.08. The fourth-order valence-electron chi connectivity index (χ4n) is 9.08. The maximum atomic E-state index is 13.3. The molecule has 2 aromatic heterocycles. The van der Waals surface area contributed by atoms with Gasteiger partial charge in [0.25, 0.3) is 11.8 Å². The number of ether oxygens (including phenoxy) is 1. The highest BCUT2D eigenvalue weighted by atomic mass is 19.4. The quantitative estimate of drug-likeness (QED) is 0.135. The van der Waals surface area contributed by atoms with E-state index in [1.165, 1.54) is 31.3 Å². The Kier molecular flexibility index (Phi) is 12.1. The minimum Gasteiger partial charge on any atom is -0.404 e. The van der Waals surface area contributed by atoms with Gasteiger partial charge in [-0.1, -0.05) is 6.07 Å². The Labute approximate surface area is 344 Å². The Morgan fingerprint density at radius 2 is 1.60 bits per heavy atom. The fraction of sp³-hybridized carbons (Fsp3) is 0.535. The number of carbonyl (C=O) groups excluding carboxylic acids is 2. The normalized spacial score (nSPS) is 18.5. The van der Waals surface area contributed by atoms with Crippen molar-refractivity contribution < 1.29 is 45.8 Å². The number of fused-ring (bicyclic) bond motifs is 1. The molecule has 2 saturated heterocycles. The number of rotatable bonds is 10. The number of nitrogens with zero attached hydrogens (tertiary/aromatic N) is 5. The molecule has 0 bridgehead atoms. The number of likely N-dealkylation sites (tertiary alicyclic amines) is 2. The number of alkyl halides is 6. The van der Waals surface area contributed by atoms with Crippen LogP contribution in [-0.4, -0.2) is 87.6 Å². The summed E-state index contributed by atoms with van der Waals surface area (Å²) in [6.07, 6.45) is 1.73. The Bertz CT molecular complexity index is 2170. The van der Waals surface area contributed by atoms with Crippen molar-refractivity contribution in [1.82, 2.24) is 24.6 Å². The molecular weight excluding hydrogens is 793 g/mol. The lowest BCUT2D eigenvalue weighted by Crippen LogP contribution is -2.44. The first-order chi connectivity index (χ1) is 28.3. The number of hydrogen-bond donors (Lipinski definition) is 3. The number of hydrogen-bond acceptors (Lipinski definition) is 8. The van der Waals surface area contributed by atoms with E-state index in [-0.39, 0.29) is 34.5 Å². The van der Waals surface area contributed by atoms with E-state index in [9.17, 15) is 41.0 Å². The molecule has 1 saturated carbocycles. The minimum atomic E-state index is -4.83. The Morgan fingerprint density at radius 1 is 0.900 bits per heavy atom. The molecule has 4 aromatic rings. The van der Waals surface area contributed by atoms with Crippen LogP contribution < -0.4 is 15.4 Å². The summed E-state index contributed by atoms with van der Waals surface area (Å²) in [5.74, 6) is -0.750. The lowest BCUT2D eigenvalue weighted by atomic mass is 9.65. The maximum Gasteiger partial charge on any atom is 0.573 e. The zero-order valence-electron chi connectivity index (χ0n) is 33.9. The summed E-state index contributed by atoms with van der Waals surface area (Å²) in [5.41, 5.74) is -1.04. The van der Waals surface area contributed by atoms with Crippen molar-refractivity contribution in [3.8, 4) is 5.75 Å². The maximum absolute atomic E-state index is 13.3. The first kappa shape index (κ1) is 43.2. The summed E-state index contributed by atoms with van der Waals surface area (Å²) in [6.45, 7) is 7.25. The Morgan fingerprint density at radius 3 is 2.23 bits per heavy atom. The summed E-state index contributed by atoms with van der Waals surface area (Å²) < 4.78 is 84.1. The second-order valence-corrected chi connectivity index (χ2v) is 17.1. The molecule has 2 amide bonds. The molecule has 0 atom stereocenters. The van der Waals surface area contributed by atoms with Gasteiger partial charge in [0.1, 0.15) is 11.4 Å². The van der Waals surface area contributed by atoms with Crippen LogP contribution in [-0.2, 0) is 11.8 Å². The molecule has 7 rings (SSSR count). The van der Waals surface area contributed by atoms with Gasteiger partial charge in [0.15, 0.2) is 5.75 Å². The monoisotopic (exact) mass is 843 g/mol. The molecule has 60 heavy (non-hydrogen) atoms. The number of anilines is 2. The predicted octanol–water partition coefficient (Wildman–Crippen LogP) is 9.01. The van der Waals surface area contributed by atoms with Gasteiger partial charge in [-0.25, -0.2) is 4.98 Å². The third kappa shape index (κ3) is 9.99. The SMILES string of the molecule is CNc1cc(C(=O)N2CCC3(CCC(CCN4CCC(n5cc6cc(NC(=O)c7cccc(C(F)(F)F)n7)c(C(C)(C)O)cc6n5)CC4)CC3)CC2)ccc1OC(F)(F)F. The molecule has 0 radical (unpaired) electrons. The highest BCUT2D eigenvalue weighted by Gasteiger charge is 2.40. The van der Waals surface area contributed by atoms with E-state index in [2.05, 4.69) is 25.3 Å². The lowest BCUT2D eigenvalue weighted by molar-refractivity contribution is -0.274. The highest BCUT2D eigenvalue weighted by molar-refractivity contribution is 6.04. The van der Waals surface area contributed by atoms with Gasteiger partial charge in [0, 0.05) is 61.6 Å². The van der Waals surface area contributed by atoms with Crippen LogP contribution >= 0.6 is 0 Å². The average molecular weight is 844 g/mol. The third-order valence-electron chi connectivity index (χ3n) is 12.6. The number of aromatic nitrogens is 3. The van der Waals surface area contributed by atoms with Gasteiger partial charge in [-0.05, 0) is 132 Å². The number of benzene rings is 2. The third-order valence-corrected chi connectivity index (χ3v) is 12.6. The van der Waals surface area contributed by atoms with Crippen molar-refractivity contribution in [3.63, 3.8) is 0 Å². The van der Waals surface area contributed by atoms with Crippen molar-refractivity contribution >= 4 is 34.1 Å². The molecule has 4 heterocycles. The van der Waals surface area contributed by atoms with Gasteiger partial charge < -0.3 is 30.3 Å². The number of pyridine rings is 1. The highest BCUT2D eigenvalue weighted by Crippen LogP contribution is 2.47. The van der Waals surface area contributed by atoms with Gasteiger partial charge in [-0.2, -0.15) is 18.3 Å². The van der Waals surface area contributed by atoms with Crippen LogP contribution in [0, 0.1) is 11.3 Å². The Hall–Kier alpha value is -4.90. The molecule has 324 valence electrons. The zero-order valence-corrected chi connectivity index (χ0v) is 33.9. The number of halogens is 6. The Balaban J connectivity index is 0.880. The minimum absolute atomic E-state index is 0.102. The van der Waals surface area contributed by atoms with Crippen molar-refractivity contribution in [1.29, 1.82) is 0 Å². The molecule has 2 aliphatic heterocycles. The summed E-state index contributed by atoms with van der Waals surface area (Å²) in [7, 11) is 1.48. The van der Waals surface area contributed by atoms with Crippen LogP contribution in [0.3, 0.4) is 0 Å². The summed E-state index contributed by atoms with van der Waals surface area (Å²) in [5, 5.41) is 21.9. The number of amides is 2. The van der Waals surface area contributed by atoms with Crippen LogP contribution in [0.1, 0.15) is 110 Å². The summed E-state index contributed by atoms with van der Waals surface area (Å²) in [6, 6.07) is 10.7. The van der Waals surface area contributed by atoms with Gasteiger partial charge in [0.2, 0.25) is 0 Å². The molecule has 2 aromatic carbocycles. The molecule has 3 N–H and O–H groups in total. The topological polar surface area (TPSA) is 125 Å². The van der Waals surface area contributed by atoms with Gasteiger partial charge in [-0.3, -0.25) is 14.3 Å². The van der Waals surface area contributed by atoms with Gasteiger partial charge in [-0.15, -0.1) is 13.2 Å². The van der Waals surface area contributed by atoms with E-state index in [1.54, 1.807) is 26.0 Å². The van der Waals surface area contributed by atoms with Crippen LogP contribution in [0.25, 0.3) is 10.9 Å². The second-order valence-electron chi connectivity index (χ2n) is 17.1.